The summed E-state index contributed by atoms with van der Waals surface area (Å²) in [5, 5.41) is 19.0. The Kier molecular flexibility index (Phi) is 6.91. The fraction of sp³-hybridized carbons (Fsp3) is 0.111. The first-order valence-electron chi connectivity index (χ1n) is 3.40. The number of aryl methyl sites for hydroxylation is 1. The van der Waals surface area contributed by atoms with Gasteiger partial charge in [0.05, 0.1) is 0 Å². The SMILES string of the molecule is Cc1ccc(SC#N)cc1.N#CS. The number of thiol groups is 1. The number of nitriles is 2. The summed E-state index contributed by atoms with van der Waals surface area (Å²) in [6, 6.07) is 7.89. The minimum Gasteiger partial charge on any atom is -0.185 e. The van der Waals surface area contributed by atoms with Crippen LogP contribution >= 0.6 is 24.4 Å². The number of hydrogen-bond acceptors (Lipinski definition) is 4. The molecule has 4 heteroatoms. The van der Waals surface area contributed by atoms with Crippen LogP contribution in [-0.4, -0.2) is 0 Å². The second-order valence-electron chi connectivity index (χ2n) is 2.11. The van der Waals surface area contributed by atoms with Crippen molar-refractivity contribution in [2.24, 2.45) is 0 Å². The number of thioether (sulfide) groups is 1. The molecular weight excluding hydrogens is 200 g/mol. The Morgan fingerprint density at radius 1 is 1.23 bits per heavy atom. The predicted molar refractivity (Wildman–Crippen MR) is 57.2 cm³/mol. The molecule has 13 heavy (non-hydrogen) atoms. The Bertz CT molecular complexity index is 319. The summed E-state index contributed by atoms with van der Waals surface area (Å²) < 4.78 is 0. The molecule has 0 radical (unpaired) electrons. The van der Waals surface area contributed by atoms with E-state index >= 15 is 0 Å². The van der Waals surface area contributed by atoms with E-state index < -0.39 is 0 Å². The van der Waals surface area contributed by atoms with E-state index in [0.717, 1.165) is 4.90 Å². The van der Waals surface area contributed by atoms with E-state index in [4.69, 9.17) is 10.5 Å². The fourth-order valence-corrected chi connectivity index (χ4v) is 1.04. The Hall–Kier alpha value is -1.10. The van der Waals surface area contributed by atoms with Crippen molar-refractivity contribution in [2.45, 2.75) is 11.8 Å². The summed E-state index contributed by atoms with van der Waals surface area (Å²) in [6.45, 7) is 2.03. The fourth-order valence-electron chi connectivity index (χ4n) is 0.659. The molecule has 0 aromatic heterocycles. The number of rotatable bonds is 1. The standard InChI is InChI=1S/C8H7NS.CHNS/c1-7-2-4-8(5-3-7)10-6-9;2-1-3/h2-5H,1H3;3H. The van der Waals surface area contributed by atoms with E-state index in [2.05, 4.69) is 12.6 Å². The minimum atomic E-state index is 1.01. The van der Waals surface area contributed by atoms with Gasteiger partial charge in [0.2, 0.25) is 0 Å². The topological polar surface area (TPSA) is 47.6 Å². The zero-order valence-corrected chi connectivity index (χ0v) is 8.77. The Morgan fingerprint density at radius 2 is 1.69 bits per heavy atom. The van der Waals surface area contributed by atoms with E-state index in [9.17, 15) is 0 Å². The molecule has 1 rings (SSSR count). The van der Waals surface area contributed by atoms with Gasteiger partial charge in [-0.1, -0.05) is 30.3 Å². The molecule has 0 atom stereocenters. The van der Waals surface area contributed by atoms with Gasteiger partial charge in [-0.25, -0.2) is 0 Å². The van der Waals surface area contributed by atoms with Crippen molar-refractivity contribution in [3.8, 4) is 10.8 Å². The molecular formula is C9H8N2S2. The molecule has 0 amide bonds. The van der Waals surface area contributed by atoms with Crippen LogP contribution < -0.4 is 0 Å². The van der Waals surface area contributed by atoms with Crippen LogP contribution in [0.1, 0.15) is 5.56 Å². The highest BCUT2D eigenvalue weighted by atomic mass is 32.2. The molecule has 0 saturated carbocycles. The molecule has 1 aromatic carbocycles. The van der Waals surface area contributed by atoms with E-state index in [1.165, 1.54) is 22.7 Å². The summed E-state index contributed by atoms with van der Waals surface area (Å²) >= 11 is 4.28. The molecule has 0 bridgehead atoms. The van der Waals surface area contributed by atoms with Crippen molar-refractivity contribution < 1.29 is 0 Å². The van der Waals surface area contributed by atoms with Crippen LogP contribution in [0.5, 0.6) is 0 Å². The van der Waals surface area contributed by atoms with Crippen LogP contribution in [0.4, 0.5) is 0 Å². The Morgan fingerprint density at radius 3 is 2.08 bits per heavy atom. The van der Waals surface area contributed by atoms with E-state index in [1.54, 1.807) is 0 Å². The normalized spacial score (nSPS) is 7.38. The van der Waals surface area contributed by atoms with Gasteiger partial charge in [-0.05, 0) is 30.8 Å². The van der Waals surface area contributed by atoms with Crippen molar-refractivity contribution in [3.05, 3.63) is 29.8 Å². The second-order valence-corrected chi connectivity index (χ2v) is 3.16. The highest BCUT2D eigenvalue weighted by Gasteiger charge is 1.89. The maximum absolute atomic E-state index is 8.30. The van der Waals surface area contributed by atoms with Crippen LogP contribution in [0, 0.1) is 28.3 Å². The molecule has 2 nitrogen and oxygen atoms in total. The van der Waals surface area contributed by atoms with Crippen LogP contribution in [0.25, 0.3) is 0 Å². The first-order chi connectivity index (χ1) is 6.24. The third kappa shape index (κ3) is 6.10. The van der Waals surface area contributed by atoms with Gasteiger partial charge in [0.25, 0.3) is 0 Å². The zero-order chi connectivity index (χ0) is 10.1. The van der Waals surface area contributed by atoms with E-state index in [0.29, 0.717) is 0 Å². The van der Waals surface area contributed by atoms with Crippen molar-refractivity contribution in [3.63, 3.8) is 0 Å². The van der Waals surface area contributed by atoms with E-state index in [1.807, 2.05) is 36.6 Å². The van der Waals surface area contributed by atoms with Crippen LogP contribution in [0.3, 0.4) is 0 Å². The molecule has 0 spiro atoms. The number of nitrogens with zero attached hydrogens (tertiary/aromatic N) is 2. The zero-order valence-electron chi connectivity index (χ0n) is 7.06. The lowest BCUT2D eigenvalue weighted by molar-refractivity contribution is 1.38. The number of benzene rings is 1. The van der Waals surface area contributed by atoms with Gasteiger partial charge in [-0.3, -0.25) is 0 Å². The number of hydrogen-bond donors (Lipinski definition) is 1. The Balaban J connectivity index is 0.000000424. The van der Waals surface area contributed by atoms with Crippen LogP contribution in [0.2, 0.25) is 0 Å². The van der Waals surface area contributed by atoms with Crippen molar-refractivity contribution in [2.75, 3.05) is 0 Å². The second kappa shape index (κ2) is 7.54. The van der Waals surface area contributed by atoms with Crippen molar-refractivity contribution >= 4 is 24.4 Å². The Labute approximate surface area is 87.6 Å². The maximum Gasteiger partial charge on any atom is 0.138 e. The van der Waals surface area contributed by atoms with Gasteiger partial charge in [0.1, 0.15) is 10.8 Å². The molecule has 0 aliphatic rings. The minimum absolute atomic E-state index is 1.01. The van der Waals surface area contributed by atoms with Crippen molar-refractivity contribution in [1.82, 2.24) is 0 Å². The first kappa shape index (κ1) is 11.9. The summed E-state index contributed by atoms with van der Waals surface area (Å²) in [5.74, 6) is 0. The van der Waals surface area contributed by atoms with Crippen LogP contribution in [-0.2, 0) is 0 Å². The van der Waals surface area contributed by atoms with Gasteiger partial charge in [0.15, 0.2) is 0 Å². The summed E-state index contributed by atoms with van der Waals surface area (Å²) in [4.78, 5) is 1.01. The predicted octanol–water partition coefficient (Wildman–Crippen LogP) is 2.97. The molecule has 0 unspecified atom stereocenters. The molecule has 66 valence electrons. The summed E-state index contributed by atoms with van der Waals surface area (Å²) in [6.07, 6.45) is 0. The monoisotopic (exact) mass is 208 g/mol. The third-order valence-electron chi connectivity index (χ3n) is 1.18. The smallest absolute Gasteiger partial charge is 0.138 e. The van der Waals surface area contributed by atoms with Gasteiger partial charge in [-0.2, -0.15) is 10.5 Å². The summed E-state index contributed by atoms with van der Waals surface area (Å²) in [7, 11) is 0. The van der Waals surface area contributed by atoms with Gasteiger partial charge in [0, 0.05) is 4.90 Å². The molecule has 0 aliphatic carbocycles. The lowest BCUT2D eigenvalue weighted by atomic mass is 10.2. The van der Waals surface area contributed by atoms with Crippen LogP contribution in [0.15, 0.2) is 29.2 Å². The molecule has 1 aromatic rings. The first-order valence-corrected chi connectivity index (χ1v) is 4.66. The molecule has 0 saturated heterocycles. The lowest BCUT2D eigenvalue weighted by Gasteiger charge is -1.92. The average molecular weight is 208 g/mol. The molecule has 0 N–H and O–H groups in total. The quantitative estimate of drug-likeness (QED) is 0.438. The highest BCUT2D eigenvalue weighted by Crippen LogP contribution is 2.15. The van der Waals surface area contributed by atoms with Gasteiger partial charge < -0.3 is 0 Å². The molecule has 0 aliphatic heterocycles. The average Bonchev–Trinajstić information content (AvgIpc) is 2.11. The summed E-state index contributed by atoms with van der Waals surface area (Å²) in [5.41, 5.74) is 1.22. The highest BCUT2D eigenvalue weighted by molar-refractivity contribution is 8.03. The third-order valence-corrected chi connectivity index (χ3v) is 1.78. The maximum atomic E-state index is 8.30. The van der Waals surface area contributed by atoms with E-state index in [-0.39, 0.29) is 0 Å². The lowest BCUT2D eigenvalue weighted by Crippen LogP contribution is -1.70. The number of thiocyanates is 2. The molecule has 0 heterocycles. The van der Waals surface area contributed by atoms with Gasteiger partial charge >= 0.3 is 0 Å². The van der Waals surface area contributed by atoms with Crippen molar-refractivity contribution in [1.29, 1.82) is 10.5 Å². The largest absolute Gasteiger partial charge is 0.185 e. The van der Waals surface area contributed by atoms with Gasteiger partial charge in [-0.15, -0.1) is 0 Å². The molecule has 0 fully saturated rings.